The first kappa shape index (κ1) is 17.7. The van der Waals surface area contributed by atoms with Gasteiger partial charge in [-0.25, -0.2) is 4.98 Å². The Morgan fingerprint density at radius 3 is 2.86 bits per heavy atom. The molecule has 0 aromatic carbocycles. The van der Waals surface area contributed by atoms with Gasteiger partial charge in [0.1, 0.15) is 0 Å². The normalized spacial score (nSPS) is 21.4. The number of fused-ring (bicyclic) bond motifs is 1. The van der Waals surface area contributed by atoms with Crippen molar-refractivity contribution in [3.8, 4) is 0 Å². The van der Waals surface area contributed by atoms with Gasteiger partial charge in [-0.15, -0.1) is 23.7 Å². The predicted molar refractivity (Wildman–Crippen MR) is 94.1 cm³/mol. The van der Waals surface area contributed by atoms with Crippen molar-refractivity contribution in [1.29, 1.82) is 0 Å². The van der Waals surface area contributed by atoms with Crippen molar-refractivity contribution in [1.82, 2.24) is 10.3 Å². The standard InChI is InChI=1S/C16H25N3OS.ClH/c20-15(8-7-12-9-10-17-11-12)19-16-18-13-5-3-1-2-4-6-14(13)21-16;/h12,17H,1-11H2,(H,18,19,20);1H. The third-order valence-electron chi connectivity index (χ3n) is 4.53. The molecule has 0 saturated carbocycles. The van der Waals surface area contributed by atoms with Crippen LogP contribution in [-0.4, -0.2) is 24.0 Å². The average molecular weight is 344 g/mol. The summed E-state index contributed by atoms with van der Waals surface area (Å²) in [6.07, 6.45) is 10.2. The molecule has 2 N–H and O–H groups in total. The summed E-state index contributed by atoms with van der Waals surface area (Å²) in [6, 6.07) is 0. The van der Waals surface area contributed by atoms with Gasteiger partial charge in [-0.3, -0.25) is 4.79 Å². The molecule has 6 heteroatoms. The maximum absolute atomic E-state index is 12.1. The molecule has 1 fully saturated rings. The smallest absolute Gasteiger partial charge is 0.226 e. The van der Waals surface area contributed by atoms with E-state index in [0.717, 1.165) is 37.5 Å². The Morgan fingerprint density at radius 2 is 2.09 bits per heavy atom. The summed E-state index contributed by atoms with van der Waals surface area (Å²) >= 11 is 1.69. The molecule has 1 amide bonds. The van der Waals surface area contributed by atoms with Crippen LogP contribution in [0.25, 0.3) is 0 Å². The second-order valence-electron chi connectivity index (χ2n) is 6.25. The minimum absolute atomic E-state index is 0. The number of hydrogen-bond donors (Lipinski definition) is 2. The van der Waals surface area contributed by atoms with Crippen molar-refractivity contribution in [2.45, 2.75) is 57.8 Å². The Hall–Kier alpha value is -0.650. The highest BCUT2D eigenvalue weighted by molar-refractivity contribution is 7.15. The molecule has 0 bridgehead atoms. The van der Waals surface area contributed by atoms with Gasteiger partial charge >= 0.3 is 0 Å². The number of aromatic nitrogens is 1. The molecule has 0 spiro atoms. The molecule has 1 aliphatic carbocycles. The highest BCUT2D eigenvalue weighted by atomic mass is 35.5. The van der Waals surface area contributed by atoms with Crippen molar-refractivity contribution >= 4 is 34.8 Å². The molecule has 0 radical (unpaired) electrons. The summed E-state index contributed by atoms with van der Waals surface area (Å²) in [7, 11) is 0. The van der Waals surface area contributed by atoms with Gasteiger partial charge in [-0.2, -0.15) is 0 Å². The van der Waals surface area contributed by atoms with Gasteiger partial charge in [0.05, 0.1) is 5.69 Å². The van der Waals surface area contributed by atoms with Crippen molar-refractivity contribution < 1.29 is 4.79 Å². The number of nitrogens with zero attached hydrogens (tertiary/aromatic N) is 1. The number of halogens is 1. The number of carbonyl (C=O) groups is 1. The van der Waals surface area contributed by atoms with Crippen LogP contribution in [0, 0.1) is 5.92 Å². The molecule has 124 valence electrons. The van der Waals surface area contributed by atoms with Crippen molar-refractivity contribution in [2.24, 2.45) is 5.92 Å². The Labute approximate surface area is 142 Å². The third kappa shape index (κ3) is 4.93. The second kappa shape index (κ2) is 8.85. The topological polar surface area (TPSA) is 54.0 Å². The number of anilines is 1. The summed E-state index contributed by atoms with van der Waals surface area (Å²) in [4.78, 5) is 18.1. The zero-order chi connectivity index (χ0) is 14.5. The lowest BCUT2D eigenvalue weighted by molar-refractivity contribution is -0.116. The Morgan fingerprint density at radius 1 is 1.27 bits per heavy atom. The maximum atomic E-state index is 12.1. The molecule has 1 unspecified atom stereocenters. The van der Waals surface area contributed by atoms with Gasteiger partial charge in [0, 0.05) is 11.3 Å². The van der Waals surface area contributed by atoms with Crippen LogP contribution in [0.4, 0.5) is 5.13 Å². The van der Waals surface area contributed by atoms with Crippen LogP contribution in [0.3, 0.4) is 0 Å². The molecule has 2 aliphatic rings. The summed E-state index contributed by atoms with van der Waals surface area (Å²) in [5.74, 6) is 0.802. The van der Waals surface area contributed by atoms with E-state index in [1.807, 2.05) is 0 Å². The molecular weight excluding hydrogens is 318 g/mol. The highest BCUT2D eigenvalue weighted by Gasteiger charge is 2.17. The zero-order valence-corrected chi connectivity index (χ0v) is 14.7. The number of nitrogens with one attached hydrogen (secondary N) is 2. The van der Waals surface area contributed by atoms with E-state index in [1.165, 1.54) is 42.7 Å². The number of amides is 1. The first-order valence-corrected chi connectivity index (χ1v) is 9.12. The third-order valence-corrected chi connectivity index (χ3v) is 5.61. The van der Waals surface area contributed by atoms with Crippen LogP contribution in [-0.2, 0) is 17.6 Å². The van der Waals surface area contributed by atoms with Crippen LogP contribution in [0.15, 0.2) is 0 Å². The van der Waals surface area contributed by atoms with Crippen LogP contribution < -0.4 is 10.6 Å². The first-order valence-electron chi connectivity index (χ1n) is 8.30. The summed E-state index contributed by atoms with van der Waals surface area (Å²) in [6.45, 7) is 2.17. The number of thiazole rings is 1. The number of carbonyl (C=O) groups excluding carboxylic acids is 1. The van der Waals surface area contributed by atoms with Crippen molar-refractivity contribution in [3.05, 3.63) is 10.6 Å². The van der Waals surface area contributed by atoms with E-state index in [-0.39, 0.29) is 18.3 Å². The van der Waals surface area contributed by atoms with Crippen LogP contribution in [0.1, 0.15) is 55.5 Å². The number of rotatable bonds is 4. The van der Waals surface area contributed by atoms with E-state index in [1.54, 1.807) is 11.3 Å². The van der Waals surface area contributed by atoms with E-state index in [0.29, 0.717) is 12.3 Å². The van der Waals surface area contributed by atoms with Gasteiger partial charge in [0.25, 0.3) is 0 Å². The fraction of sp³-hybridized carbons (Fsp3) is 0.750. The average Bonchev–Trinajstić information content (AvgIpc) is 3.07. The number of aryl methyl sites for hydroxylation is 2. The minimum Gasteiger partial charge on any atom is -0.316 e. The van der Waals surface area contributed by atoms with Gasteiger partial charge in [0.2, 0.25) is 5.91 Å². The fourth-order valence-electron chi connectivity index (χ4n) is 3.24. The summed E-state index contributed by atoms with van der Waals surface area (Å²) in [5.41, 5.74) is 1.23. The maximum Gasteiger partial charge on any atom is 0.226 e. The quantitative estimate of drug-likeness (QED) is 0.879. The van der Waals surface area contributed by atoms with Gasteiger partial charge < -0.3 is 10.6 Å². The largest absolute Gasteiger partial charge is 0.316 e. The molecule has 1 atom stereocenters. The van der Waals surface area contributed by atoms with Gasteiger partial charge in [-0.05, 0) is 57.5 Å². The van der Waals surface area contributed by atoms with Gasteiger partial charge in [0.15, 0.2) is 5.13 Å². The van der Waals surface area contributed by atoms with Crippen molar-refractivity contribution in [2.75, 3.05) is 18.4 Å². The molecule has 1 saturated heterocycles. The Bertz CT molecular complexity index is 460. The molecule has 3 rings (SSSR count). The first-order chi connectivity index (χ1) is 10.3. The zero-order valence-electron chi connectivity index (χ0n) is 13.0. The van der Waals surface area contributed by atoms with E-state index in [4.69, 9.17) is 0 Å². The van der Waals surface area contributed by atoms with Gasteiger partial charge in [-0.1, -0.05) is 12.8 Å². The molecule has 2 heterocycles. The fourth-order valence-corrected chi connectivity index (χ4v) is 4.30. The predicted octanol–water partition coefficient (Wildman–Crippen LogP) is 3.55. The van der Waals surface area contributed by atoms with E-state index >= 15 is 0 Å². The molecule has 1 aliphatic heterocycles. The monoisotopic (exact) mass is 343 g/mol. The Kier molecular flexibility index (Phi) is 7.12. The summed E-state index contributed by atoms with van der Waals surface area (Å²) < 4.78 is 0. The van der Waals surface area contributed by atoms with E-state index in [9.17, 15) is 4.79 Å². The Balaban J connectivity index is 0.00000176. The van der Waals surface area contributed by atoms with Crippen LogP contribution >= 0.6 is 23.7 Å². The van der Waals surface area contributed by atoms with Crippen molar-refractivity contribution in [3.63, 3.8) is 0 Å². The second-order valence-corrected chi connectivity index (χ2v) is 7.33. The lowest BCUT2D eigenvalue weighted by Gasteiger charge is -2.07. The minimum atomic E-state index is 0. The molecule has 1 aromatic heterocycles. The number of hydrogen-bond acceptors (Lipinski definition) is 4. The lowest BCUT2D eigenvalue weighted by Crippen LogP contribution is -2.14. The molecule has 22 heavy (non-hydrogen) atoms. The highest BCUT2D eigenvalue weighted by Crippen LogP contribution is 2.28. The van der Waals surface area contributed by atoms with Crippen LogP contribution in [0.2, 0.25) is 0 Å². The van der Waals surface area contributed by atoms with E-state index in [2.05, 4.69) is 15.6 Å². The van der Waals surface area contributed by atoms with E-state index < -0.39 is 0 Å². The molecule has 1 aromatic rings. The summed E-state index contributed by atoms with van der Waals surface area (Å²) in [5, 5.41) is 7.18. The molecular formula is C16H26ClN3OS. The SMILES string of the molecule is Cl.O=C(CCC1CCNC1)Nc1nc2c(s1)CCCCCC2. The molecule has 4 nitrogen and oxygen atoms in total. The lowest BCUT2D eigenvalue weighted by atomic mass is 10.0. The van der Waals surface area contributed by atoms with Crippen LogP contribution in [0.5, 0.6) is 0 Å².